The van der Waals surface area contributed by atoms with Crippen molar-refractivity contribution in [2.24, 2.45) is 0 Å². The van der Waals surface area contributed by atoms with Gasteiger partial charge in [-0.25, -0.2) is 9.97 Å². The van der Waals surface area contributed by atoms with Crippen LogP contribution in [-0.2, 0) is 0 Å². The van der Waals surface area contributed by atoms with Gasteiger partial charge in [0, 0.05) is 16.5 Å². The first kappa shape index (κ1) is 15.2. The molecule has 0 fully saturated rings. The number of anilines is 1. The molecular formula is C13H13Cl2N3OS. The Morgan fingerprint density at radius 1 is 1.30 bits per heavy atom. The zero-order chi connectivity index (χ0) is 14.5. The summed E-state index contributed by atoms with van der Waals surface area (Å²) in [5.41, 5.74) is 0. The van der Waals surface area contributed by atoms with E-state index >= 15 is 0 Å². The van der Waals surface area contributed by atoms with E-state index in [0.717, 1.165) is 11.4 Å². The second-order valence-corrected chi connectivity index (χ2v) is 5.64. The van der Waals surface area contributed by atoms with Gasteiger partial charge in [0.15, 0.2) is 11.6 Å². The van der Waals surface area contributed by atoms with E-state index in [1.807, 2.05) is 6.92 Å². The minimum atomic E-state index is 0.593. The summed E-state index contributed by atoms with van der Waals surface area (Å²) in [5, 5.41) is 5.05. The van der Waals surface area contributed by atoms with E-state index in [1.165, 1.54) is 18.1 Å². The molecule has 0 saturated carbocycles. The molecule has 0 saturated heterocycles. The van der Waals surface area contributed by atoms with Gasteiger partial charge >= 0.3 is 0 Å². The van der Waals surface area contributed by atoms with Gasteiger partial charge in [-0.2, -0.15) is 0 Å². The highest BCUT2D eigenvalue weighted by molar-refractivity contribution is 7.99. The largest absolute Gasteiger partial charge is 0.490 e. The first-order valence-corrected chi connectivity index (χ1v) is 7.48. The molecule has 0 aliphatic rings. The first-order chi connectivity index (χ1) is 9.65. The molecule has 106 valence electrons. The van der Waals surface area contributed by atoms with Crippen molar-refractivity contribution < 1.29 is 4.74 Å². The number of aromatic nitrogens is 2. The molecular weight excluding hydrogens is 317 g/mol. The number of nitrogens with zero attached hydrogens (tertiary/aromatic N) is 2. The molecule has 20 heavy (non-hydrogen) atoms. The van der Waals surface area contributed by atoms with Crippen LogP contribution < -0.4 is 10.1 Å². The number of hydrogen-bond donors (Lipinski definition) is 1. The number of rotatable bonds is 5. The normalized spacial score (nSPS) is 10.4. The number of nitrogens with one attached hydrogen (secondary N) is 1. The Bertz CT molecular complexity index is 610. The van der Waals surface area contributed by atoms with Crippen molar-refractivity contribution in [2.75, 3.05) is 19.0 Å². The van der Waals surface area contributed by atoms with E-state index in [1.54, 1.807) is 25.3 Å². The highest BCUT2D eigenvalue weighted by Gasteiger charge is 2.14. The third kappa shape index (κ3) is 3.48. The monoisotopic (exact) mass is 329 g/mol. The van der Waals surface area contributed by atoms with E-state index in [-0.39, 0.29) is 0 Å². The maximum Gasteiger partial charge on any atom is 0.194 e. The molecule has 2 rings (SSSR count). The predicted octanol–water partition coefficient (Wildman–Crippen LogP) is 4.38. The Hall–Kier alpha value is -1.17. The van der Waals surface area contributed by atoms with Gasteiger partial charge in [0.1, 0.15) is 11.4 Å². The molecule has 0 spiro atoms. The zero-order valence-electron chi connectivity index (χ0n) is 11.0. The highest BCUT2D eigenvalue weighted by Crippen LogP contribution is 2.40. The lowest BCUT2D eigenvalue weighted by Gasteiger charge is -2.12. The molecule has 0 aliphatic heterocycles. The van der Waals surface area contributed by atoms with E-state index in [4.69, 9.17) is 27.9 Å². The molecule has 0 radical (unpaired) electrons. The van der Waals surface area contributed by atoms with Crippen molar-refractivity contribution >= 4 is 40.8 Å². The van der Waals surface area contributed by atoms with E-state index in [2.05, 4.69) is 15.3 Å². The second-order valence-electron chi connectivity index (χ2n) is 3.77. The van der Waals surface area contributed by atoms with Gasteiger partial charge in [0.2, 0.25) is 0 Å². The van der Waals surface area contributed by atoms with Gasteiger partial charge in [0.05, 0.1) is 12.1 Å². The molecule has 2 aromatic rings. The molecule has 7 heteroatoms. The zero-order valence-corrected chi connectivity index (χ0v) is 13.3. The highest BCUT2D eigenvalue weighted by atomic mass is 35.5. The van der Waals surface area contributed by atoms with Crippen molar-refractivity contribution in [1.82, 2.24) is 9.97 Å². The summed E-state index contributed by atoms with van der Waals surface area (Å²) in [6.45, 7) is 2.73. The van der Waals surface area contributed by atoms with Crippen molar-refractivity contribution in [3.8, 4) is 5.75 Å². The molecule has 1 aromatic carbocycles. The fourth-order valence-corrected chi connectivity index (χ4v) is 2.97. The average Bonchev–Trinajstić information content (AvgIpc) is 2.43. The smallest absolute Gasteiger partial charge is 0.194 e. The fraction of sp³-hybridized carbons (Fsp3) is 0.231. The van der Waals surface area contributed by atoms with Gasteiger partial charge in [-0.1, -0.05) is 35.0 Å². The molecule has 0 unspecified atom stereocenters. The Morgan fingerprint density at radius 3 is 2.80 bits per heavy atom. The van der Waals surface area contributed by atoms with Crippen molar-refractivity contribution in [3.63, 3.8) is 0 Å². The summed E-state index contributed by atoms with van der Waals surface area (Å²) in [4.78, 5) is 9.22. The molecule has 0 atom stereocenters. The Kier molecular flexibility index (Phi) is 5.34. The van der Waals surface area contributed by atoms with Crippen LogP contribution in [0.2, 0.25) is 10.0 Å². The average molecular weight is 330 g/mol. The summed E-state index contributed by atoms with van der Waals surface area (Å²) in [6.07, 6.45) is 1.49. The number of benzene rings is 1. The molecule has 1 aromatic heterocycles. The van der Waals surface area contributed by atoms with Gasteiger partial charge < -0.3 is 10.1 Å². The van der Waals surface area contributed by atoms with E-state index in [0.29, 0.717) is 26.6 Å². The summed E-state index contributed by atoms with van der Waals surface area (Å²) < 4.78 is 5.39. The Balaban J connectivity index is 2.37. The Morgan fingerprint density at radius 2 is 2.10 bits per heavy atom. The standard InChI is InChI=1S/C13H13Cl2N3OS/c1-3-16-12-11(19-2)13(18-7-17-12)20-10-6-8(14)4-5-9(10)15/h4-7H,3H2,1-2H3,(H,16,17,18). The quantitative estimate of drug-likeness (QED) is 0.825. The Labute approximate surface area is 131 Å². The van der Waals surface area contributed by atoms with Crippen LogP contribution in [0.4, 0.5) is 5.82 Å². The number of halogens is 2. The summed E-state index contributed by atoms with van der Waals surface area (Å²) >= 11 is 13.5. The van der Waals surface area contributed by atoms with Crippen LogP contribution in [0.1, 0.15) is 6.92 Å². The van der Waals surface area contributed by atoms with Gasteiger partial charge in [-0.3, -0.25) is 0 Å². The topological polar surface area (TPSA) is 47.0 Å². The minimum absolute atomic E-state index is 0.593. The minimum Gasteiger partial charge on any atom is -0.490 e. The van der Waals surface area contributed by atoms with Crippen LogP contribution >= 0.6 is 35.0 Å². The molecule has 0 aliphatic carbocycles. The van der Waals surface area contributed by atoms with Crippen LogP contribution in [0.25, 0.3) is 0 Å². The van der Waals surface area contributed by atoms with Crippen LogP contribution in [0.5, 0.6) is 5.75 Å². The van der Waals surface area contributed by atoms with Crippen molar-refractivity contribution in [1.29, 1.82) is 0 Å². The third-order valence-corrected chi connectivity index (χ3v) is 4.14. The summed E-state index contributed by atoms with van der Waals surface area (Å²) in [5.74, 6) is 1.25. The number of hydrogen-bond acceptors (Lipinski definition) is 5. The maximum absolute atomic E-state index is 6.16. The number of ether oxygens (including phenoxy) is 1. The summed E-state index contributed by atoms with van der Waals surface area (Å²) in [7, 11) is 1.59. The van der Waals surface area contributed by atoms with Crippen molar-refractivity contribution in [2.45, 2.75) is 16.8 Å². The molecule has 0 bridgehead atoms. The fourth-order valence-electron chi connectivity index (χ4n) is 1.57. The third-order valence-electron chi connectivity index (χ3n) is 2.42. The lowest BCUT2D eigenvalue weighted by molar-refractivity contribution is 0.400. The molecule has 4 nitrogen and oxygen atoms in total. The SMILES string of the molecule is CCNc1ncnc(Sc2cc(Cl)ccc2Cl)c1OC. The van der Waals surface area contributed by atoms with Crippen LogP contribution in [-0.4, -0.2) is 23.6 Å². The first-order valence-electron chi connectivity index (χ1n) is 5.91. The second kappa shape index (κ2) is 7.02. The van der Waals surface area contributed by atoms with Crippen LogP contribution in [0.3, 0.4) is 0 Å². The molecule has 1 heterocycles. The molecule has 1 N–H and O–H groups in total. The van der Waals surface area contributed by atoms with Gasteiger partial charge in [-0.05, 0) is 25.1 Å². The summed E-state index contributed by atoms with van der Waals surface area (Å²) in [6, 6.07) is 5.29. The number of methoxy groups -OCH3 is 1. The lowest BCUT2D eigenvalue weighted by atomic mass is 10.4. The lowest BCUT2D eigenvalue weighted by Crippen LogP contribution is -2.03. The van der Waals surface area contributed by atoms with Crippen LogP contribution in [0, 0.1) is 0 Å². The molecule has 0 amide bonds. The van der Waals surface area contributed by atoms with Crippen LogP contribution in [0.15, 0.2) is 34.4 Å². The van der Waals surface area contributed by atoms with Crippen molar-refractivity contribution in [3.05, 3.63) is 34.6 Å². The van der Waals surface area contributed by atoms with E-state index in [9.17, 15) is 0 Å². The maximum atomic E-state index is 6.16. The van der Waals surface area contributed by atoms with E-state index < -0.39 is 0 Å². The van der Waals surface area contributed by atoms with Gasteiger partial charge in [-0.15, -0.1) is 0 Å². The van der Waals surface area contributed by atoms with Gasteiger partial charge in [0.25, 0.3) is 0 Å². The predicted molar refractivity (Wildman–Crippen MR) is 83.3 cm³/mol.